The lowest BCUT2D eigenvalue weighted by Crippen LogP contribution is -2.15. The number of nitro benzene ring substituents is 1. The van der Waals surface area contributed by atoms with Gasteiger partial charge in [0.25, 0.3) is 0 Å². The first kappa shape index (κ1) is 13.7. The molecule has 0 aliphatic carbocycles. The number of aliphatic carboxylic acids is 1. The number of aromatic hydroxyl groups is 1. The number of hydrogen-bond donors (Lipinski definition) is 3. The fraction of sp³-hybridized carbons (Fsp3) is 0.300. The van der Waals surface area contributed by atoms with Gasteiger partial charge in [0.15, 0.2) is 5.75 Å². The van der Waals surface area contributed by atoms with Crippen molar-refractivity contribution in [3.8, 4) is 11.5 Å². The molecule has 98 valence electrons. The van der Waals surface area contributed by atoms with Gasteiger partial charge < -0.3 is 20.7 Å². The maximum atomic E-state index is 10.7. The highest BCUT2D eigenvalue weighted by Gasteiger charge is 2.22. The molecular formula is C10H12N2O6. The average molecular weight is 256 g/mol. The molecule has 0 radical (unpaired) electrons. The Morgan fingerprint density at radius 2 is 2.22 bits per heavy atom. The summed E-state index contributed by atoms with van der Waals surface area (Å²) in [6.45, 7) is 0. The number of nitro groups is 1. The van der Waals surface area contributed by atoms with E-state index in [0.29, 0.717) is 0 Å². The lowest BCUT2D eigenvalue weighted by molar-refractivity contribution is -0.386. The Morgan fingerprint density at radius 3 is 2.67 bits per heavy atom. The zero-order valence-corrected chi connectivity index (χ0v) is 9.49. The third kappa shape index (κ3) is 2.86. The van der Waals surface area contributed by atoms with Crippen molar-refractivity contribution in [2.75, 3.05) is 7.11 Å². The molecular weight excluding hydrogens is 244 g/mol. The van der Waals surface area contributed by atoms with Crippen molar-refractivity contribution in [1.82, 2.24) is 0 Å². The van der Waals surface area contributed by atoms with Gasteiger partial charge in [0, 0.05) is 12.1 Å². The smallest absolute Gasteiger partial charge is 0.314 e. The van der Waals surface area contributed by atoms with Crippen molar-refractivity contribution in [2.24, 2.45) is 5.73 Å². The molecule has 0 aliphatic heterocycles. The summed E-state index contributed by atoms with van der Waals surface area (Å²) >= 11 is 0. The highest BCUT2D eigenvalue weighted by molar-refractivity contribution is 5.68. The highest BCUT2D eigenvalue weighted by atomic mass is 16.6. The Balaban J connectivity index is 3.25. The number of phenolic OH excluding ortho intramolecular Hbond substituents is 1. The van der Waals surface area contributed by atoms with E-state index in [0.717, 1.165) is 6.07 Å². The second-order valence-corrected chi connectivity index (χ2v) is 3.55. The Kier molecular flexibility index (Phi) is 4.05. The summed E-state index contributed by atoms with van der Waals surface area (Å²) in [7, 11) is 1.23. The molecule has 8 nitrogen and oxygen atoms in total. The van der Waals surface area contributed by atoms with Gasteiger partial charge in [0.2, 0.25) is 5.75 Å². The minimum Gasteiger partial charge on any atom is -0.500 e. The van der Waals surface area contributed by atoms with Crippen LogP contribution in [-0.2, 0) is 4.79 Å². The van der Waals surface area contributed by atoms with Gasteiger partial charge in [-0.25, -0.2) is 0 Å². The van der Waals surface area contributed by atoms with E-state index in [-0.39, 0.29) is 17.7 Å². The van der Waals surface area contributed by atoms with Crippen LogP contribution in [0.2, 0.25) is 0 Å². The van der Waals surface area contributed by atoms with Crippen LogP contribution in [0, 0.1) is 10.1 Å². The molecule has 1 rings (SSSR count). The molecule has 1 atom stereocenters. The van der Waals surface area contributed by atoms with Gasteiger partial charge >= 0.3 is 11.7 Å². The second kappa shape index (κ2) is 5.32. The molecule has 0 saturated carbocycles. The molecule has 1 aromatic carbocycles. The number of nitrogens with two attached hydrogens (primary N) is 1. The molecule has 0 bridgehead atoms. The van der Waals surface area contributed by atoms with Crippen molar-refractivity contribution in [3.63, 3.8) is 0 Å². The Labute approximate surface area is 102 Å². The van der Waals surface area contributed by atoms with E-state index in [1.165, 1.54) is 13.2 Å². The third-order valence-corrected chi connectivity index (χ3v) is 2.32. The fourth-order valence-electron chi connectivity index (χ4n) is 1.43. The van der Waals surface area contributed by atoms with E-state index >= 15 is 0 Å². The molecule has 8 heteroatoms. The van der Waals surface area contributed by atoms with Crippen LogP contribution in [0.4, 0.5) is 5.69 Å². The summed E-state index contributed by atoms with van der Waals surface area (Å²) in [6, 6.07) is 1.39. The lowest BCUT2D eigenvalue weighted by atomic mass is 10.0. The largest absolute Gasteiger partial charge is 0.500 e. The predicted molar refractivity (Wildman–Crippen MR) is 60.5 cm³/mol. The van der Waals surface area contributed by atoms with E-state index < -0.39 is 28.4 Å². The number of hydrogen-bond acceptors (Lipinski definition) is 6. The minimum atomic E-state index is -1.13. The third-order valence-electron chi connectivity index (χ3n) is 2.32. The molecule has 4 N–H and O–H groups in total. The molecule has 1 unspecified atom stereocenters. The van der Waals surface area contributed by atoms with Crippen molar-refractivity contribution in [1.29, 1.82) is 0 Å². The SMILES string of the molecule is COc1cc(C(N)CC(=O)O)cc([N+](=O)[O-])c1O. The maximum absolute atomic E-state index is 10.7. The van der Waals surface area contributed by atoms with Crippen molar-refractivity contribution >= 4 is 11.7 Å². The van der Waals surface area contributed by atoms with Crippen LogP contribution in [0.5, 0.6) is 11.5 Å². The number of benzene rings is 1. The van der Waals surface area contributed by atoms with Crippen LogP contribution < -0.4 is 10.5 Å². The topological polar surface area (TPSA) is 136 Å². The number of methoxy groups -OCH3 is 1. The van der Waals surface area contributed by atoms with Gasteiger partial charge in [-0.15, -0.1) is 0 Å². The molecule has 0 heterocycles. The molecule has 1 aromatic rings. The minimum absolute atomic E-state index is 0.125. The molecule has 0 saturated heterocycles. The van der Waals surface area contributed by atoms with Gasteiger partial charge in [-0.05, 0) is 11.6 Å². The van der Waals surface area contributed by atoms with Crippen molar-refractivity contribution in [2.45, 2.75) is 12.5 Å². The van der Waals surface area contributed by atoms with E-state index in [4.69, 9.17) is 15.6 Å². The van der Waals surface area contributed by atoms with E-state index in [9.17, 15) is 20.0 Å². The van der Waals surface area contributed by atoms with Crippen LogP contribution >= 0.6 is 0 Å². The Morgan fingerprint density at radius 1 is 1.61 bits per heavy atom. The summed E-state index contributed by atoms with van der Waals surface area (Å²) in [6.07, 6.45) is -0.384. The van der Waals surface area contributed by atoms with Crippen LogP contribution in [0.15, 0.2) is 12.1 Å². The zero-order valence-electron chi connectivity index (χ0n) is 9.49. The van der Waals surface area contributed by atoms with E-state index in [1.54, 1.807) is 0 Å². The first-order valence-electron chi connectivity index (χ1n) is 4.89. The van der Waals surface area contributed by atoms with Gasteiger partial charge in [-0.3, -0.25) is 14.9 Å². The lowest BCUT2D eigenvalue weighted by Gasteiger charge is -2.12. The summed E-state index contributed by atoms with van der Waals surface area (Å²) in [5, 5.41) is 28.9. The van der Waals surface area contributed by atoms with Crippen LogP contribution in [0.1, 0.15) is 18.0 Å². The van der Waals surface area contributed by atoms with E-state index in [1.807, 2.05) is 0 Å². The highest BCUT2D eigenvalue weighted by Crippen LogP contribution is 2.38. The molecule has 0 aliphatic rings. The number of rotatable bonds is 5. The number of ether oxygens (including phenoxy) is 1. The van der Waals surface area contributed by atoms with Gasteiger partial charge in [-0.2, -0.15) is 0 Å². The number of phenols is 1. The molecule has 0 spiro atoms. The number of carbonyl (C=O) groups is 1. The van der Waals surface area contributed by atoms with Crippen molar-refractivity contribution in [3.05, 3.63) is 27.8 Å². The second-order valence-electron chi connectivity index (χ2n) is 3.55. The standard InChI is InChI=1S/C10H12N2O6/c1-18-8-3-5(6(11)4-9(13)14)2-7(10(8)15)12(16)17/h2-3,6,15H,4,11H2,1H3,(H,13,14). The summed E-state index contributed by atoms with van der Waals surface area (Å²) < 4.78 is 4.77. The normalized spacial score (nSPS) is 11.9. The van der Waals surface area contributed by atoms with Crippen molar-refractivity contribution < 1.29 is 24.7 Å². The monoisotopic (exact) mass is 256 g/mol. The average Bonchev–Trinajstić information content (AvgIpc) is 2.27. The quantitative estimate of drug-likeness (QED) is 0.523. The number of carboxylic acids is 1. The maximum Gasteiger partial charge on any atom is 0.314 e. The van der Waals surface area contributed by atoms with Gasteiger partial charge in [0.05, 0.1) is 18.5 Å². The summed E-state index contributed by atoms with van der Waals surface area (Å²) in [5.74, 6) is -1.87. The number of nitrogens with zero attached hydrogens (tertiary/aromatic N) is 1. The van der Waals surface area contributed by atoms with Gasteiger partial charge in [0.1, 0.15) is 0 Å². The summed E-state index contributed by atoms with van der Waals surface area (Å²) in [5.41, 5.74) is 5.23. The first-order valence-corrected chi connectivity index (χ1v) is 4.89. The summed E-state index contributed by atoms with van der Waals surface area (Å²) in [4.78, 5) is 20.5. The fourth-order valence-corrected chi connectivity index (χ4v) is 1.43. The van der Waals surface area contributed by atoms with Gasteiger partial charge in [-0.1, -0.05) is 0 Å². The molecule has 0 fully saturated rings. The van der Waals surface area contributed by atoms with Crippen LogP contribution in [-0.4, -0.2) is 28.2 Å². The predicted octanol–water partition coefficient (Wildman–Crippen LogP) is 0.783. The number of carboxylic acid groups (broad SMARTS) is 1. The Bertz CT molecular complexity index is 488. The molecule has 0 aromatic heterocycles. The Hall–Kier alpha value is -2.35. The van der Waals surface area contributed by atoms with Crippen LogP contribution in [0.25, 0.3) is 0 Å². The molecule has 18 heavy (non-hydrogen) atoms. The first-order chi connectivity index (χ1) is 8.36. The molecule has 0 amide bonds. The van der Waals surface area contributed by atoms with Crippen LogP contribution in [0.3, 0.4) is 0 Å². The zero-order chi connectivity index (χ0) is 13.9. The van der Waals surface area contributed by atoms with E-state index in [2.05, 4.69) is 0 Å².